The van der Waals surface area contributed by atoms with Crippen LogP contribution in [0.2, 0.25) is 0 Å². The van der Waals surface area contributed by atoms with Gasteiger partial charge in [0.15, 0.2) is 12.1 Å². The number of aliphatic carboxylic acids is 1. The number of allylic oxidation sites excluding steroid dienone is 8. The van der Waals surface area contributed by atoms with E-state index in [2.05, 4.69) is 62.5 Å². The largest absolute Gasteiger partial charge is 0.477 e. The van der Waals surface area contributed by atoms with Crippen molar-refractivity contribution in [3.63, 3.8) is 0 Å². The first-order valence-electron chi connectivity index (χ1n) is 29.7. The lowest BCUT2D eigenvalue weighted by molar-refractivity contribution is -0.887. The summed E-state index contributed by atoms with van der Waals surface area (Å²) < 4.78 is 17.4. The van der Waals surface area contributed by atoms with Crippen molar-refractivity contribution in [1.29, 1.82) is 0 Å². The van der Waals surface area contributed by atoms with E-state index in [-0.39, 0.29) is 36.2 Å². The van der Waals surface area contributed by atoms with Crippen molar-refractivity contribution in [2.24, 2.45) is 0 Å². The minimum absolute atomic E-state index is 0.0514. The van der Waals surface area contributed by atoms with Crippen LogP contribution in [0.15, 0.2) is 48.6 Å². The van der Waals surface area contributed by atoms with E-state index in [0.29, 0.717) is 19.3 Å². The summed E-state index contributed by atoms with van der Waals surface area (Å²) in [5.74, 6) is -1.46. The first kappa shape index (κ1) is 67.3. The minimum atomic E-state index is -0.873. The molecule has 1 N–H and O–H groups in total. The number of carboxylic acids is 1. The number of ether oxygens (including phenoxy) is 3. The fraction of sp³-hybridized carbons (Fsp3) is 0.823. The normalized spacial score (nSPS) is 13.1. The molecule has 0 aromatic rings. The molecular weight excluding hydrogens is 871 g/mol. The van der Waals surface area contributed by atoms with Crippen LogP contribution in [0.3, 0.4) is 0 Å². The molecule has 0 rings (SSSR count). The van der Waals surface area contributed by atoms with Crippen LogP contribution in [-0.4, -0.2) is 80.6 Å². The molecule has 0 bridgehead atoms. The van der Waals surface area contributed by atoms with Gasteiger partial charge in [-0.3, -0.25) is 9.59 Å². The third-order valence-electron chi connectivity index (χ3n) is 13.5. The number of hydrogen-bond donors (Lipinski definition) is 1. The molecule has 70 heavy (non-hydrogen) atoms. The van der Waals surface area contributed by atoms with E-state index in [1.54, 1.807) is 0 Å². The number of hydrogen-bond acceptors (Lipinski definition) is 6. The molecule has 0 fully saturated rings. The molecule has 0 aliphatic carbocycles. The summed E-state index contributed by atoms with van der Waals surface area (Å²) >= 11 is 0. The summed E-state index contributed by atoms with van der Waals surface area (Å²) in [5.41, 5.74) is 0. The van der Waals surface area contributed by atoms with E-state index >= 15 is 0 Å². The smallest absolute Gasteiger partial charge is 0.362 e. The summed E-state index contributed by atoms with van der Waals surface area (Å²) in [6.45, 7) is 4.75. The van der Waals surface area contributed by atoms with E-state index in [1.165, 1.54) is 193 Å². The molecular formula is C62H114NO7+. The fourth-order valence-corrected chi connectivity index (χ4v) is 8.86. The summed E-state index contributed by atoms with van der Waals surface area (Å²) in [6, 6.07) is -0.617. The molecule has 0 spiro atoms. The molecule has 0 amide bonds. The Morgan fingerprint density at radius 1 is 0.429 bits per heavy atom. The Morgan fingerprint density at radius 3 is 1.10 bits per heavy atom. The highest BCUT2D eigenvalue weighted by Crippen LogP contribution is 2.16. The average molecular weight is 986 g/mol. The average Bonchev–Trinajstić information content (AvgIpc) is 3.33. The number of nitrogens with zero attached hydrogens (tertiary/aromatic N) is 1. The first-order chi connectivity index (χ1) is 34.1. The zero-order valence-corrected chi connectivity index (χ0v) is 46.7. The molecule has 408 valence electrons. The maximum Gasteiger partial charge on any atom is 0.362 e. The summed E-state index contributed by atoms with van der Waals surface area (Å²) in [6.07, 6.45) is 66.0. The van der Waals surface area contributed by atoms with Gasteiger partial charge in [0.1, 0.15) is 6.61 Å². The quantitative estimate of drug-likeness (QED) is 0.0280. The number of unbranched alkanes of at least 4 members (excludes halogenated alkanes) is 32. The van der Waals surface area contributed by atoms with E-state index in [4.69, 9.17) is 14.2 Å². The van der Waals surface area contributed by atoms with E-state index < -0.39 is 18.1 Å². The summed E-state index contributed by atoms with van der Waals surface area (Å²) in [4.78, 5) is 37.3. The first-order valence-corrected chi connectivity index (χ1v) is 29.7. The van der Waals surface area contributed by atoms with Crippen molar-refractivity contribution in [2.75, 3.05) is 41.0 Å². The molecule has 0 aromatic carbocycles. The van der Waals surface area contributed by atoms with Crippen molar-refractivity contribution in [3.05, 3.63) is 48.6 Å². The van der Waals surface area contributed by atoms with Gasteiger partial charge in [-0.25, -0.2) is 4.79 Å². The van der Waals surface area contributed by atoms with Gasteiger partial charge in [-0.05, 0) is 77.0 Å². The van der Waals surface area contributed by atoms with Crippen molar-refractivity contribution in [1.82, 2.24) is 0 Å². The number of carboxylic acid groups (broad SMARTS) is 1. The summed E-state index contributed by atoms with van der Waals surface area (Å²) in [7, 11) is 5.55. The van der Waals surface area contributed by atoms with Crippen LogP contribution in [0.25, 0.3) is 0 Å². The lowest BCUT2D eigenvalue weighted by Gasteiger charge is -2.31. The molecule has 8 nitrogen and oxygen atoms in total. The van der Waals surface area contributed by atoms with Crippen molar-refractivity contribution in [3.8, 4) is 0 Å². The number of carbonyl (C=O) groups excluding carboxylic acids is 2. The molecule has 8 heteroatoms. The Morgan fingerprint density at radius 2 is 0.757 bits per heavy atom. The molecule has 2 atom stereocenters. The second-order valence-electron chi connectivity index (χ2n) is 21.2. The molecule has 0 radical (unpaired) electrons. The van der Waals surface area contributed by atoms with Gasteiger partial charge < -0.3 is 23.8 Å². The van der Waals surface area contributed by atoms with Crippen molar-refractivity contribution >= 4 is 17.9 Å². The van der Waals surface area contributed by atoms with Crippen LogP contribution in [0.1, 0.15) is 277 Å². The van der Waals surface area contributed by atoms with Gasteiger partial charge in [0.05, 0.1) is 34.4 Å². The Bertz CT molecular complexity index is 1280. The van der Waals surface area contributed by atoms with Crippen LogP contribution in [-0.2, 0) is 28.6 Å². The van der Waals surface area contributed by atoms with Crippen molar-refractivity contribution in [2.45, 2.75) is 289 Å². The predicted octanol–water partition coefficient (Wildman–Crippen LogP) is 17.9. The SMILES string of the molecule is CCCCCCC/C=C\C/C=C\CCCCCCCCCCCCCC(=O)OCC(COCCC(C(=O)O)[N+](C)(C)C)OC(=O)CCCCCCCCCCCCC/C=C\C/C=C\CCCCCCC. The monoisotopic (exact) mass is 985 g/mol. The topological polar surface area (TPSA) is 99.1 Å². The second kappa shape index (κ2) is 52.6. The van der Waals surface area contributed by atoms with Gasteiger partial charge in [-0.2, -0.15) is 0 Å². The van der Waals surface area contributed by atoms with Crippen LogP contribution in [0.5, 0.6) is 0 Å². The summed E-state index contributed by atoms with van der Waals surface area (Å²) in [5, 5.41) is 9.69. The Kier molecular flexibility index (Phi) is 50.6. The van der Waals surface area contributed by atoms with Crippen LogP contribution in [0.4, 0.5) is 0 Å². The Hall–Kier alpha value is -2.71. The van der Waals surface area contributed by atoms with Crippen LogP contribution < -0.4 is 0 Å². The lowest BCUT2D eigenvalue weighted by atomic mass is 10.0. The Balaban J connectivity index is 4.15. The number of likely N-dealkylation sites (N-methyl/N-ethyl adjacent to an activating group) is 1. The van der Waals surface area contributed by atoms with Gasteiger partial charge in [0.25, 0.3) is 0 Å². The zero-order chi connectivity index (χ0) is 51.3. The standard InChI is InChI=1S/C62H113NO7/c1-6-8-10-12-14-16-18-20-22-24-26-28-30-32-34-36-38-40-42-44-46-48-50-52-60(64)69-57-58(56-68-55-54-59(62(66)67)63(3,4)5)70-61(65)53-51-49-47-45-43-41-39-37-35-33-31-29-27-25-23-21-19-17-15-13-11-9-7-2/h18-21,24-27,58-59H,6-17,22-23,28-57H2,1-5H3/p+1/b20-18-,21-19-,26-24-,27-25-. The third-order valence-corrected chi connectivity index (χ3v) is 13.5. The van der Waals surface area contributed by atoms with Gasteiger partial charge >= 0.3 is 17.9 Å². The molecule has 0 aliphatic heterocycles. The molecule has 0 aromatic heterocycles. The molecule has 0 saturated carbocycles. The lowest BCUT2D eigenvalue weighted by Crippen LogP contribution is -2.50. The van der Waals surface area contributed by atoms with Crippen LogP contribution >= 0.6 is 0 Å². The maximum absolute atomic E-state index is 12.9. The highest BCUT2D eigenvalue weighted by Gasteiger charge is 2.31. The molecule has 2 unspecified atom stereocenters. The maximum atomic E-state index is 12.9. The number of rotatable bonds is 54. The zero-order valence-electron chi connectivity index (χ0n) is 46.7. The molecule has 0 heterocycles. The van der Waals surface area contributed by atoms with Gasteiger partial charge in [0.2, 0.25) is 0 Å². The predicted molar refractivity (Wildman–Crippen MR) is 298 cm³/mol. The third kappa shape index (κ3) is 50.2. The van der Waals surface area contributed by atoms with Gasteiger partial charge in [0, 0.05) is 19.3 Å². The van der Waals surface area contributed by atoms with Crippen LogP contribution in [0, 0.1) is 0 Å². The fourth-order valence-electron chi connectivity index (χ4n) is 8.86. The molecule has 0 aliphatic rings. The number of quaternary nitrogens is 1. The molecule has 0 saturated heterocycles. The van der Waals surface area contributed by atoms with Crippen molar-refractivity contribution < 1.29 is 38.2 Å². The highest BCUT2D eigenvalue weighted by atomic mass is 16.6. The van der Waals surface area contributed by atoms with Gasteiger partial charge in [-0.15, -0.1) is 0 Å². The van der Waals surface area contributed by atoms with E-state index in [9.17, 15) is 19.5 Å². The van der Waals surface area contributed by atoms with E-state index in [0.717, 1.165) is 51.4 Å². The number of carbonyl (C=O) groups is 3. The Labute approximate surface area is 433 Å². The highest BCUT2D eigenvalue weighted by molar-refractivity contribution is 5.72. The minimum Gasteiger partial charge on any atom is -0.477 e. The van der Waals surface area contributed by atoms with Gasteiger partial charge in [-0.1, -0.05) is 229 Å². The second-order valence-corrected chi connectivity index (χ2v) is 21.2. The van der Waals surface area contributed by atoms with E-state index in [1.807, 2.05) is 21.1 Å². The number of esters is 2.